The standard InChI is InChI=1S/C17H33N3O/c1-14(2)20(12-15-8-10-18-11-9-15)13-17(21)19-16-6-4-3-5-7-16/h14-16,18H,3-13H2,1-2H3,(H,19,21). The smallest absolute Gasteiger partial charge is 0.234 e. The lowest BCUT2D eigenvalue weighted by Crippen LogP contribution is -2.47. The van der Waals surface area contributed by atoms with Gasteiger partial charge in [-0.15, -0.1) is 0 Å². The summed E-state index contributed by atoms with van der Waals surface area (Å²) >= 11 is 0. The van der Waals surface area contributed by atoms with Crippen molar-refractivity contribution in [1.82, 2.24) is 15.5 Å². The van der Waals surface area contributed by atoms with Crippen LogP contribution in [-0.4, -0.2) is 49.1 Å². The van der Waals surface area contributed by atoms with Crippen molar-refractivity contribution in [1.29, 1.82) is 0 Å². The van der Waals surface area contributed by atoms with Gasteiger partial charge in [-0.3, -0.25) is 9.69 Å². The Balaban J connectivity index is 1.76. The molecule has 1 aliphatic heterocycles. The number of rotatable bonds is 6. The highest BCUT2D eigenvalue weighted by molar-refractivity contribution is 5.78. The minimum atomic E-state index is 0.226. The molecule has 0 aromatic carbocycles. The molecule has 2 rings (SSSR count). The topological polar surface area (TPSA) is 44.4 Å². The number of hydrogen-bond donors (Lipinski definition) is 2. The van der Waals surface area contributed by atoms with E-state index in [0.29, 0.717) is 18.6 Å². The number of nitrogens with one attached hydrogen (secondary N) is 2. The highest BCUT2D eigenvalue weighted by Crippen LogP contribution is 2.18. The summed E-state index contributed by atoms with van der Waals surface area (Å²) in [7, 11) is 0. The third-order valence-electron chi connectivity index (χ3n) is 5.00. The van der Waals surface area contributed by atoms with E-state index in [0.717, 1.165) is 25.6 Å². The van der Waals surface area contributed by atoms with E-state index in [4.69, 9.17) is 0 Å². The minimum Gasteiger partial charge on any atom is -0.352 e. The summed E-state index contributed by atoms with van der Waals surface area (Å²) in [6, 6.07) is 0.871. The summed E-state index contributed by atoms with van der Waals surface area (Å²) in [4.78, 5) is 14.7. The molecule has 0 radical (unpaired) electrons. The molecule has 0 spiro atoms. The van der Waals surface area contributed by atoms with Gasteiger partial charge in [0.15, 0.2) is 0 Å². The first kappa shape index (κ1) is 16.8. The minimum absolute atomic E-state index is 0.226. The fourth-order valence-electron chi connectivity index (χ4n) is 3.56. The van der Waals surface area contributed by atoms with Crippen LogP contribution >= 0.6 is 0 Å². The van der Waals surface area contributed by atoms with Gasteiger partial charge in [-0.25, -0.2) is 0 Å². The summed E-state index contributed by atoms with van der Waals surface area (Å²) < 4.78 is 0. The zero-order valence-corrected chi connectivity index (χ0v) is 13.9. The van der Waals surface area contributed by atoms with Gasteiger partial charge < -0.3 is 10.6 Å². The van der Waals surface area contributed by atoms with Gasteiger partial charge in [0, 0.05) is 18.6 Å². The Morgan fingerprint density at radius 1 is 1.14 bits per heavy atom. The molecule has 1 saturated heterocycles. The molecule has 0 bridgehead atoms. The number of piperidine rings is 1. The average Bonchev–Trinajstić information content (AvgIpc) is 2.48. The number of carbonyl (C=O) groups excluding carboxylic acids is 1. The van der Waals surface area contributed by atoms with Gasteiger partial charge in [0.25, 0.3) is 0 Å². The van der Waals surface area contributed by atoms with E-state index in [1.807, 2.05) is 0 Å². The molecule has 21 heavy (non-hydrogen) atoms. The zero-order chi connectivity index (χ0) is 15.1. The first-order valence-corrected chi connectivity index (χ1v) is 8.89. The molecule has 0 aromatic heterocycles. The first-order valence-electron chi connectivity index (χ1n) is 8.89. The zero-order valence-electron chi connectivity index (χ0n) is 13.9. The fraction of sp³-hybridized carbons (Fsp3) is 0.941. The van der Waals surface area contributed by atoms with E-state index in [1.54, 1.807) is 0 Å². The van der Waals surface area contributed by atoms with Crippen LogP contribution in [0, 0.1) is 5.92 Å². The highest BCUT2D eigenvalue weighted by Gasteiger charge is 2.22. The molecule has 2 aliphatic rings. The predicted octanol–water partition coefficient (Wildman–Crippen LogP) is 2.15. The quantitative estimate of drug-likeness (QED) is 0.789. The highest BCUT2D eigenvalue weighted by atomic mass is 16.2. The fourth-order valence-corrected chi connectivity index (χ4v) is 3.56. The maximum Gasteiger partial charge on any atom is 0.234 e. The van der Waals surface area contributed by atoms with Crippen molar-refractivity contribution in [2.24, 2.45) is 5.92 Å². The van der Waals surface area contributed by atoms with Crippen LogP contribution in [0.15, 0.2) is 0 Å². The SMILES string of the molecule is CC(C)N(CC(=O)NC1CCCCC1)CC1CCNCC1. The van der Waals surface area contributed by atoms with Gasteiger partial charge in [0.05, 0.1) is 6.54 Å². The summed E-state index contributed by atoms with van der Waals surface area (Å²) in [5.74, 6) is 0.973. The van der Waals surface area contributed by atoms with E-state index in [-0.39, 0.29) is 5.91 Å². The Kier molecular flexibility index (Phi) is 6.97. The van der Waals surface area contributed by atoms with Crippen LogP contribution in [-0.2, 0) is 4.79 Å². The van der Waals surface area contributed by atoms with Gasteiger partial charge in [0.2, 0.25) is 5.91 Å². The first-order chi connectivity index (χ1) is 10.1. The Morgan fingerprint density at radius 2 is 1.81 bits per heavy atom. The molecule has 0 atom stereocenters. The maximum absolute atomic E-state index is 12.3. The van der Waals surface area contributed by atoms with E-state index in [2.05, 4.69) is 29.4 Å². The number of carbonyl (C=O) groups is 1. The van der Waals surface area contributed by atoms with Crippen molar-refractivity contribution in [3.63, 3.8) is 0 Å². The lowest BCUT2D eigenvalue weighted by Gasteiger charge is -2.33. The van der Waals surface area contributed by atoms with Gasteiger partial charge in [-0.1, -0.05) is 19.3 Å². The van der Waals surface area contributed by atoms with Gasteiger partial charge in [-0.2, -0.15) is 0 Å². The summed E-state index contributed by atoms with van der Waals surface area (Å²) in [5, 5.41) is 6.66. The number of amides is 1. The Bertz CT molecular complexity index is 307. The van der Waals surface area contributed by atoms with Gasteiger partial charge in [0.1, 0.15) is 0 Å². The molecule has 0 unspecified atom stereocenters. The second-order valence-electron chi connectivity index (χ2n) is 7.12. The lowest BCUT2D eigenvalue weighted by atomic mass is 9.95. The van der Waals surface area contributed by atoms with Gasteiger partial charge >= 0.3 is 0 Å². The van der Waals surface area contributed by atoms with Crippen LogP contribution in [0.5, 0.6) is 0 Å². The molecule has 2 N–H and O–H groups in total. The van der Waals surface area contributed by atoms with Crippen LogP contribution in [0.4, 0.5) is 0 Å². The van der Waals surface area contributed by atoms with Crippen LogP contribution in [0.3, 0.4) is 0 Å². The molecule has 1 amide bonds. The second kappa shape index (κ2) is 8.74. The monoisotopic (exact) mass is 295 g/mol. The van der Waals surface area contributed by atoms with E-state index < -0.39 is 0 Å². The Morgan fingerprint density at radius 3 is 2.43 bits per heavy atom. The largest absolute Gasteiger partial charge is 0.352 e. The van der Waals surface area contributed by atoms with E-state index in [1.165, 1.54) is 44.9 Å². The van der Waals surface area contributed by atoms with Crippen molar-refractivity contribution < 1.29 is 4.79 Å². The van der Waals surface area contributed by atoms with Crippen molar-refractivity contribution >= 4 is 5.91 Å². The Hall–Kier alpha value is -0.610. The van der Waals surface area contributed by atoms with Crippen molar-refractivity contribution in [2.45, 2.75) is 70.9 Å². The number of nitrogens with zero attached hydrogens (tertiary/aromatic N) is 1. The molecule has 4 nitrogen and oxygen atoms in total. The number of hydrogen-bond acceptors (Lipinski definition) is 3. The second-order valence-corrected chi connectivity index (χ2v) is 7.12. The van der Waals surface area contributed by atoms with Crippen molar-refractivity contribution in [3.8, 4) is 0 Å². The molecule has 1 saturated carbocycles. The molecule has 4 heteroatoms. The lowest BCUT2D eigenvalue weighted by molar-refractivity contribution is -0.123. The van der Waals surface area contributed by atoms with E-state index in [9.17, 15) is 4.79 Å². The van der Waals surface area contributed by atoms with E-state index >= 15 is 0 Å². The third-order valence-corrected chi connectivity index (χ3v) is 5.00. The molecule has 0 aromatic rings. The van der Waals surface area contributed by atoms with Crippen molar-refractivity contribution in [2.75, 3.05) is 26.2 Å². The molecule has 1 aliphatic carbocycles. The third kappa shape index (κ3) is 5.95. The molecule has 1 heterocycles. The molecule has 2 fully saturated rings. The maximum atomic E-state index is 12.3. The van der Waals surface area contributed by atoms with Crippen LogP contribution in [0.1, 0.15) is 58.8 Å². The molecule has 122 valence electrons. The van der Waals surface area contributed by atoms with Crippen LogP contribution in [0.2, 0.25) is 0 Å². The van der Waals surface area contributed by atoms with Crippen LogP contribution < -0.4 is 10.6 Å². The predicted molar refractivity (Wildman–Crippen MR) is 87.3 cm³/mol. The average molecular weight is 295 g/mol. The normalized spacial score (nSPS) is 21.9. The summed E-state index contributed by atoms with van der Waals surface area (Å²) in [6.45, 7) is 8.30. The van der Waals surface area contributed by atoms with Crippen LogP contribution in [0.25, 0.3) is 0 Å². The Labute approximate surface area is 130 Å². The molecular weight excluding hydrogens is 262 g/mol. The van der Waals surface area contributed by atoms with Crippen molar-refractivity contribution in [3.05, 3.63) is 0 Å². The summed E-state index contributed by atoms with van der Waals surface area (Å²) in [6.07, 6.45) is 8.70. The van der Waals surface area contributed by atoms with Gasteiger partial charge in [-0.05, 0) is 58.5 Å². The summed E-state index contributed by atoms with van der Waals surface area (Å²) in [5.41, 5.74) is 0. The molecular formula is C17H33N3O.